The summed E-state index contributed by atoms with van der Waals surface area (Å²) < 4.78 is 1.16. The molecule has 0 saturated carbocycles. The van der Waals surface area contributed by atoms with Crippen molar-refractivity contribution in [1.82, 2.24) is 5.32 Å². The third-order valence-corrected chi connectivity index (χ3v) is 3.93. The molecule has 0 aliphatic carbocycles. The van der Waals surface area contributed by atoms with Gasteiger partial charge in [0.1, 0.15) is 0 Å². The van der Waals surface area contributed by atoms with Crippen molar-refractivity contribution in [3.63, 3.8) is 0 Å². The number of benzene rings is 1. The summed E-state index contributed by atoms with van der Waals surface area (Å²) in [5.74, 6) is 0. The first kappa shape index (κ1) is 16.3. The average molecular weight is 325 g/mol. The van der Waals surface area contributed by atoms with Crippen LogP contribution in [0.5, 0.6) is 0 Å². The maximum Gasteiger partial charge on any atom is 0.0382 e. The maximum absolute atomic E-state index is 3.84. The summed E-state index contributed by atoms with van der Waals surface area (Å²) in [6, 6.07) is 7.41. The molecule has 0 bridgehead atoms. The number of nitrogens with zero attached hydrogens (tertiary/aromatic N) is 1. The van der Waals surface area contributed by atoms with Crippen LogP contribution in [0, 0.1) is 0 Å². The predicted octanol–water partition coefficient (Wildman–Crippen LogP) is 4.52. The monoisotopic (exact) mass is 324 g/mol. The van der Waals surface area contributed by atoms with E-state index in [9.17, 15) is 0 Å². The lowest BCUT2D eigenvalue weighted by atomic mass is 10.1. The van der Waals surface area contributed by atoms with Gasteiger partial charge in [-0.1, -0.05) is 35.0 Å². The Bertz CT molecular complexity index is 415. The van der Waals surface area contributed by atoms with Crippen molar-refractivity contribution in [3.05, 3.63) is 40.9 Å². The van der Waals surface area contributed by atoms with E-state index < -0.39 is 0 Å². The SMILES string of the molecule is C=CCN(c1ccc(C(C)NCC)c(Br)c1)C(C)C. The van der Waals surface area contributed by atoms with E-state index in [1.54, 1.807) is 0 Å². The normalized spacial score (nSPS) is 12.5. The molecule has 0 heterocycles. The highest BCUT2D eigenvalue weighted by atomic mass is 79.9. The standard InChI is InChI=1S/C16H25BrN2/c1-6-10-19(12(3)4)14-8-9-15(16(17)11-14)13(5)18-7-2/h6,8-9,11-13,18H,1,7,10H2,2-5H3. The summed E-state index contributed by atoms with van der Waals surface area (Å²) in [6.45, 7) is 14.4. The fraction of sp³-hybridized carbons (Fsp3) is 0.500. The molecule has 2 nitrogen and oxygen atoms in total. The van der Waals surface area contributed by atoms with Crippen molar-refractivity contribution in [3.8, 4) is 0 Å². The zero-order valence-electron chi connectivity index (χ0n) is 12.4. The number of rotatable bonds is 7. The molecule has 0 amide bonds. The fourth-order valence-corrected chi connectivity index (χ4v) is 2.93. The third kappa shape index (κ3) is 4.36. The Hall–Kier alpha value is -0.800. The highest BCUT2D eigenvalue weighted by Crippen LogP contribution is 2.29. The molecule has 0 fully saturated rings. The minimum absolute atomic E-state index is 0.361. The first-order valence-corrected chi connectivity index (χ1v) is 7.70. The van der Waals surface area contributed by atoms with Crippen LogP contribution in [0.1, 0.15) is 39.3 Å². The van der Waals surface area contributed by atoms with E-state index in [1.165, 1.54) is 11.3 Å². The topological polar surface area (TPSA) is 15.3 Å². The van der Waals surface area contributed by atoms with Gasteiger partial charge < -0.3 is 10.2 Å². The van der Waals surface area contributed by atoms with Crippen molar-refractivity contribution in [2.45, 2.75) is 39.8 Å². The molecule has 0 aromatic heterocycles. The molecule has 1 aromatic rings. The molecule has 0 aliphatic rings. The van der Waals surface area contributed by atoms with E-state index in [0.717, 1.165) is 17.6 Å². The fourth-order valence-electron chi connectivity index (χ4n) is 2.22. The van der Waals surface area contributed by atoms with Crippen molar-refractivity contribution < 1.29 is 0 Å². The third-order valence-electron chi connectivity index (χ3n) is 3.24. The van der Waals surface area contributed by atoms with Crippen LogP contribution in [0.4, 0.5) is 5.69 Å². The average Bonchev–Trinajstić information content (AvgIpc) is 2.35. The van der Waals surface area contributed by atoms with Gasteiger partial charge in [-0.2, -0.15) is 0 Å². The van der Waals surface area contributed by atoms with E-state index in [1.807, 2.05) is 6.08 Å². The largest absolute Gasteiger partial charge is 0.365 e. The van der Waals surface area contributed by atoms with Crippen LogP contribution in [0.2, 0.25) is 0 Å². The number of anilines is 1. The van der Waals surface area contributed by atoms with E-state index in [2.05, 4.69) is 78.6 Å². The lowest BCUT2D eigenvalue weighted by Gasteiger charge is -2.28. The first-order chi connectivity index (χ1) is 9.01. The van der Waals surface area contributed by atoms with E-state index >= 15 is 0 Å². The van der Waals surface area contributed by atoms with Crippen LogP contribution in [0.3, 0.4) is 0 Å². The van der Waals surface area contributed by atoms with Crippen LogP contribution in [-0.2, 0) is 0 Å². The molecule has 0 spiro atoms. The summed E-state index contributed by atoms with van der Waals surface area (Å²) in [5, 5.41) is 3.44. The Morgan fingerprint density at radius 1 is 1.37 bits per heavy atom. The number of hydrogen-bond donors (Lipinski definition) is 1. The summed E-state index contributed by atoms with van der Waals surface area (Å²) >= 11 is 3.69. The van der Waals surface area contributed by atoms with E-state index in [-0.39, 0.29) is 0 Å². The van der Waals surface area contributed by atoms with Gasteiger partial charge in [0.05, 0.1) is 0 Å². The molecule has 1 unspecified atom stereocenters. The molecule has 0 saturated heterocycles. The lowest BCUT2D eigenvalue weighted by Crippen LogP contribution is -2.30. The van der Waals surface area contributed by atoms with Crippen molar-refractivity contribution in [2.24, 2.45) is 0 Å². The molecule has 106 valence electrons. The van der Waals surface area contributed by atoms with Gasteiger partial charge in [0.2, 0.25) is 0 Å². The summed E-state index contributed by atoms with van der Waals surface area (Å²) in [6.07, 6.45) is 1.95. The minimum atomic E-state index is 0.361. The van der Waals surface area contributed by atoms with Crippen LogP contribution in [0.15, 0.2) is 35.3 Å². The Morgan fingerprint density at radius 3 is 2.53 bits per heavy atom. The quantitative estimate of drug-likeness (QED) is 0.742. The van der Waals surface area contributed by atoms with Gasteiger partial charge in [0.25, 0.3) is 0 Å². The smallest absolute Gasteiger partial charge is 0.0382 e. The Labute approximate surface area is 126 Å². The van der Waals surface area contributed by atoms with Gasteiger partial charge in [-0.25, -0.2) is 0 Å². The molecule has 1 rings (SSSR count). The molecule has 3 heteroatoms. The molecule has 0 radical (unpaired) electrons. The molecule has 1 atom stereocenters. The predicted molar refractivity (Wildman–Crippen MR) is 88.9 cm³/mol. The molecule has 0 aliphatic heterocycles. The van der Waals surface area contributed by atoms with Gasteiger partial charge in [-0.15, -0.1) is 6.58 Å². The van der Waals surface area contributed by atoms with Crippen LogP contribution in [0.25, 0.3) is 0 Å². The van der Waals surface area contributed by atoms with Crippen LogP contribution in [-0.4, -0.2) is 19.1 Å². The lowest BCUT2D eigenvalue weighted by molar-refractivity contribution is 0.596. The van der Waals surface area contributed by atoms with Gasteiger partial charge in [-0.3, -0.25) is 0 Å². The Balaban J connectivity index is 3.00. The minimum Gasteiger partial charge on any atom is -0.365 e. The van der Waals surface area contributed by atoms with E-state index in [0.29, 0.717) is 12.1 Å². The number of nitrogens with one attached hydrogen (secondary N) is 1. The van der Waals surface area contributed by atoms with Crippen LogP contribution < -0.4 is 10.2 Å². The van der Waals surface area contributed by atoms with Crippen LogP contribution >= 0.6 is 15.9 Å². The molecular formula is C16H25BrN2. The molecule has 1 N–H and O–H groups in total. The van der Waals surface area contributed by atoms with Gasteiger partial charge in [0.15, 0.2) is 0 Å². The number of halogens is 1. The van der Waals surface area contributed by atoms with Crippen molar-refractivity contribution >= 4 is 21.6 Å². The molecular weight excluding hydrogens is 300 g/mol. The zero-order chi connectivity index (χ0) is 14.4. The highest BCUT2D eigenvalue weighted by molar-refractivity contribution is 9.10. The first-order valence-electron chi connectivity index (χ1n) is 6.91. The van der Waals surface area contributed by atoms with Gasteiger partial charge in [0, 0.05) is 28.8 Å². The second-order valence-corrected chi connectivity index (χ2v) is 5.87. The summed E-state index contributed by atoms with van der Waals surface area (Å²) in [7, 11) is 0. The van der Waals surface area contributed by atoms with Crippen molar-refractivity contribution in [1.29, 1.82) is 0 Å². The Morgan fingerprint density at radius 2 is 2.05 bits per heavy atom. The second-order valence-electron chi connectivity index (χ2n) is 5.02. The summed E-state index contributed by atoms with van der Waals surface area (Å²) in [4.78, 5) is 2.33. The van der Waals surface area contributed by atoms with Gasteiger partial charge in [-0.05, 0) is 45.0 Å². The van der Waals surface area contributed by atoms with E-state index in [4.69, 9.17) is 0 Å². The molecule has 1 aromatic carbocycles. The second kappa shape index (κ2) is 7.71. The van der Waals surface area contributed by atoms with Crippen molar-refractivity contribution in [2.75, 3.05) is 18.0 Å². The van der Waals surface area contributed by atoms with Gasteiger partial charge >= 0.3 is 0 Å². The number of hydrogen-bond acceptors (Lipinski definition) is 2. The molecule has 19 heavy (non-hydrogen) atoms. The zero-order valence-corrected chi connectivity index (χ0v) is 14.0. The Kier molecular flexibility index (Phi) is 6.59. The maximum atomic E-state index is 3.84. The highest BCUT2D eigenvalue weighted by Gasteiger charge is 2.13. The summed E-state index contributed by atoms with van der Waals surface area (Å²) in [5.41, 5.74) is 2.53.